The first-order valence-corrected chi connectivity index (χ1v) is 10.1. The van der Waals surface area contributed by atoms with Crippen LogP contribution in [0.25, 0.3) is 0 Å². The first-order valence-electron chi connectivity index (χ1n) is 10.1. The van der Waals surface area contributed by atoms with Gasteiger partial charge in [0, 0.05) is 6.42 Å². The molecule has 3 rings (SSSR count). The fourth-order valence-electron chi connectivity index (χ4n) is 3.06. The van der Waals surface area contributed by atoms with Gasteiger partial charge in [-0.1, -0.05) is 60.7 Å². The topological polar surface area (TPSA) is 93.7 Å². The number of amides is 2. The number of hydrogen-bond donors (Lipinski definition) is 2. The lowest BCUT2D eigenvalue weighted by atomic mass is 10.0. The molecule has 0 bridgehead atoms. The molecular weight excluding hydrogens is 408 g/mol. The minimum absolute atomic E-state index is 0.223. The van der Waals surface area contributed by atoms with E-state index in [9.17, 15) is 14.4 Å². The number of methoxy groups -OCH3 is 1. The smallest absolute Gasteiger partial charge is 0.339 e. The highest BCUT2D eigenvalue weighted by atomic mass is 16.5. The summed E-state index contributed by atoms with van der Waals surface area (Å²) in [5.41, 5.74) is 1.40. The third-order valence-electron chi connectivity index (χ3n) is 4.64. The molecule has 2 N–H and O–H groups in total. The van der Waals surface area contributed by atoms with E-state index in [2.05, 4.69) is 10.6 Å². The summed E-state index contributed by atoms with van der Waals surface area (Å²) in [6, 6.07) is 23.9. The number of hydrogen-bond acceptors (Lipinski definition) is 5. The first-order chi connectivity index (χ1) is 15.6. The molecule has 7 nitrogen and oxygen atoms in total. The van der Waals surface area contributed by atoms with Crippen LogP contribution in [-0.2, 0) is 20.7 Å². The molecule has 0 heterocycles. The maximum absolute atomic E-state index is 13.1. The van der Waals surface area contributed by atoms with Gasteiger partial charge in [-0.15, -0.1) is 0 Å². The van der Waals surface area contributed by atoms with Gasteiger partial charge in [0.1, 0.15) is 11.8 Å². The van der Waals surface area contributed by atoms with Crippen LogP contribution in [-0.4, -0.2) is 37.5 Å². The molecular formula is C25H24N2O5. The van der Waals surface area contributed by atoms with Crippen LogP contribution in [0.5, 0.6) is 5.75 Å². The van der Waals surface area contributed by atoms with Crippen molar-refractivity contribution in [1.82, 2.24) is 5.32 Å². The van der Waals surface area contributed by atoms with Gasteiger partial charge < -0.3 is 20.1 Å². The number of carbonyl (C=O) groups is 3. The number of carbonyl (C=O) groups excluding carboxylic acids is 3. The van der Waals surface area contributed by atoms with Crippen molar-refractivity contribution in [2.75, 3.05) is 19.0 Å². The highest BCUT2D eigenvalue weighted by Gasteiger charge is 2.23. The van der Waals surface area contributed by atoms with Crippen LogP contribution in [0.15, 0.2) is 84.9 Å². The Morgan fingerprint density at radius 1 is 0.844 bits per heavy atom. The Bertz CT molecular complexity index is 1050. The quantitative estimate of drug-likeness (QED) is 0.507. The molecule has 2 amide bonds. The Kier molecular flexibility index (Phi) is 7.97. The van der Waals surface area contributed by atoms with Crippen LogP contribution in [0.3, 0.4) is 0 Å². The number of ether oxygens (including phenoxy) is 2. The molecule has 0 saturated heterocycles. The molecule has 0 fully saturated rings. The molecule has 0 radical (unpaired) electrons. The van der Waals surface area contributed by atoms with Gasteiger partial charge in [-0.05, 0) is 29.8 Å². The standard InChI is InChI=1S/C25H24N2O5/c1-31-25(30)20-14-8-9-15-21(20)27-24(29)22(16-18-10-4-2-5-11-18)26-23(28)17-32-19-12-6-3-7-13-19/h2-15,22H,16-17H2,1H3,(H,26,28)(H,27,29). The summed E-state index contributed by atoms with van der Waals surface area (Å²) in [7, 11) is 1.27. The van der Waals surface area contributed by atoms with E-state index in [0.29, 0.717) is 11.4 Å². The molecule has 3 aromatic carbocycles. The zero-order valence-corrected chi connectivity index (χ0v) is 17.6. The molecule has 0 aliphatic rings. The lowest BCUT2D eigenvalue weighted by Crippen LogP contribution is -2.47. The first kappa shape index (κ1) is 22.6. The number of rotatable bonds is 9. The second-order valence-electron chi connectivity index (χ2n) is 6.94. The van der Waals surface area contributed by atoms with Crippen molar-refractivity contribution in [1.29, 1.82) is 0 Å². The second-order valence-corrected chi connectivity index (χ2v) is 6.94. The third kappa shape index (κ3) is 6.43. The van der Waals surface area contributed by atoms with Crippen LogP contribution < -0.4 is 15.4 Å². The Labute approximate surface area is 186 Å². The van der Waals surface area contributed by atoms with Crippen molar-refractivity contribution in [3.63, 3.8) is 0 Å². The molecule has 0 aliphatic heterocycles. The lowest BCUT2D eigenvalue weighted by molar-refractivity contribution is -0.127. The zero-order valence-electron chi connectivity index (χ0n) is 17.6. The maximum atomic E-state index is 13.1. The van der Waals surface area contributed by atoms with Crippen molar-refractivity contribution >= 4 is 23.5 Å². The highest BCUT2D eigenvalue weighted by Crippen LogP contribution is 2.17. The van der Waals surface area contributed by atoms with Gasteiger partial charge in [-0.3, -0.25) is 9.59 Å². The SMILES string of the molecule is COC(=O)c1ccccc1NC(=O)C(Cc1ccccc1)NC(=O)COc1ccccc1. The van der Waals surface area contributed by atoms with E-state index in [1.54, 1.807) is 48.5 Å². The van der Waals surface area contributed by atoms with Crippen molar-refractivity contribution in [2.24, 2.45) is 0 Å². The molecule has 0 aromatic heterocycles. The number of esters is 1. The summed E-state index contributed by atoms with van der Waals surface area (Å²) in [5, 5.41) is 5.46. The summed E-state index contributed by atoms with van der Waals surface area (Å²) >= 11 is 0. The molecule has 0 saturated carbocycles. The van der Waals surface area contributed by atoms with Crippen LogP contribution in [0.4, 0.5) is 5.69 Å². The average Bonchev–Trinajstić information content (AvgIpc) is 2.83. The van der Waals surface area contributed by atoms with Gasteiger partial charge in [0.25, 0.3) is 5.91 Å². The largest absolute Gasteiger partial charge is 0.484 e. The fraction of sp³-hybridized carbons (Fsp3) is 0.160. The molecule has 32 heavy (non-hydrogen) atoms. The number of anilines is 1. The summed E-state index contributed by atoms with van der Waals surface area (Å²) in [4.78, 5) is 37.6. The Morgan fingerprint density at radius 3 is 2.16 bits per heavy atom. The fourth-order valence-corrected chi connectivity index (χ4v) is 3.06. The van der Waals surface area contributed by atoms with Crippen molar-refractivity contribution < 1.29 is 23.9 Å². The highest BCUT2D eigenvalue weighted by molar-refractivity contribution is 6.03. The van der Waals surface area contributed by atoms with Crippen LogP contribution in [0.1, 0.15) is 15.9 Å². The lowest BCUT2D eigenvalue weighted by Gasteiger charge is -2.20. The molecule has 1 unspecified atom stereocenters. The Morgan fingerprint density at radius 2 is 1.47 bits per heavy atom. The van der Waals surface area contributed by atoms with Gasteiger partial charge in [0.15, 0.2) is 6.61 Å². The summed E-state index contributed by atoms with van der Waals surface area (Å²) in [5.74, 6) is -0.913. The van der Waals surface area contributed by atoms with Gasteiger partial charge in [0.2, 0.25) is 5.91 Å². The molecule has 0 aliphatic carbocycles. The summed E-state index contributed by atoms with van der Waals surface area (Å²) < 4.78 is 10.3. The average molecular weight is 432 g/mol. The molecule has 3 aromatic rings. The molecule has 164 valence electrons. The normalized spacial score (nSPS) is 11.2. The number of para-hydroxylation sites is 2. The zero-order chi connectivity index (χ0) is 22.8. The molecule has 0 spiro atoms. The van der Waals surface area contributed by atoms with Crippen LogP contribution in [0.2, 0.25) is 0 Å². The molecule has 1 atom stereocenters. The summed E-state index contributed by atoms with van der Waals surface area (Å²) in [6.45, 7) is -0.235. The van der Waals surface area contributed by atoms with Crippen molar-refractivity contribution in [3.05, 3.63) is 96.1 Å². The van der Waals surface area contributed by atoms with Gasteiger partial charge in [-0.25, -0.2) is 4.79 Å². The monoisotopic (exact) mass is 432 g/mol. The van der Waals surface area contributed by atoms with Crippen molar-refractivity contribution in [3.8, 4) is 5.75 Å². The van der Waals surface area contributed by atoms with Gasteiger partial charge in [-0.2, -0.15) is 0 Å². The second kappa shape index (κ2) is 11.3. The van der Waals surface area contributed by atoms with Crippen LogP contribution >= 0.6 is 0 Å². The van der Waals surface area contributed by atoms with E-state index in [0.717, 1.165) is 5.56 Å². The van der Waals surface area contributed by atoms with Gasteiger partial charge >= 0.3 is 5.97 Å². The predicted molar refractivity (Wildman–Crippen MR) is 120 cm³/mol. The predicted octanol–water partition coefficient (Wildman–Crippen LogP) is 3.22. The van der Waals surface area contributed by atoms with E-state index in [-0.39, 0.29) is 18.6 Å². The summed E-state index contributed by atoms with van der Waals surface area (Å²) in [6.07, 6.45) is 0.268. The van der Waals surface area contributed by atoms with E-state index in [4.69, 9.17) is 9.47 Å². The Balaban J connectivity index is 1.73. The Hall–Kier alpha value is -4.13. The van der Waals surface area contributed by atoms with Crippen molar-refractivity contribution in [2.45, 2.75) is 12.5 Å². The van der Waals surface area contributed by atoms with E-state index in [1.807, 2.05) is 36.4 Å². The van der Waals surface area contributed by atoms with Gasteiger partial charge in [0.05, 0.1) is 18.4 Å². The van der Waals surface area contributed by atoms with E-state index >= 15 is 0 Å². The van der Waals surface area contributed by atoms with E-state index < -0.39 is 23.8 Å². The van der Waals surface area contributed by atoms with E-state index in [1.165, 1.54) is 7.11 Å². The number of benzene rings is 3. The minimum atomic E-state index is -0.880. The van der Waals surface area contributed by atoms with Crippen LogP contribution in [0, 0.1) is 0 Å². The number of nitrogens with one attached hydrogen (secondary N) is 2. The third-order valence-corrected chi connectivity index (χ3v) is 4.64. The minimum Gasteiger partial charge on any atom is -0.484 e. The molecule has 7 heteroatoms. The maximum Gasteiger partial charge on any atom is 0.339 e.